The van der Waals surface area contributed by atoms with E-state index in [-0.39, 0.29) is 11.5 Å². The van der Waals surface area contributed by atoms with Gasteiger partial charge in [0, 0.05) is 5.41 Å². The van der Waals surface area contributed by atoms with E-state index in [1.165, 1.54) is 0 Å². The van der Waals surface area contributed by atoms with Crippen LogP contribution in [0.15, 0.2) is 0 Å². The summed E-state index contributed by atoms with van der Waals surface area (Å²) < 4.78 is 0. The van der Waals surface area contributed by atoms with E-state index in [0.29, 0.717) is 0 Å². The molecule has 0 saturated heterocycles. The zero-order valence-corrected chi connectivity index (χ0v) is 7.48. The quantitative estimate of drug-likeness (QED) is 0.597. The highest BCUT2D eigenvalue weighted by Crippen LogP contribution is 2.19. The second-order valence-corrected chi connectivity index (χ2v) is 3.90. The standard InChI is InChI=1S/C8H19NO/c1-5-6-7(9-10)8(2,3)4/h7H,5-6,9H2,1-4H3. The van der Waals surface area contributed by atoms with E-state index in [4.69, 9.17) is 0 Å². The van der Waals surface area contributed by atoms with Crippen LogP contribution in [0.2, 0.25) is 0 Å². The van der Waals surface area contributed by atoms with Gasteiger partial charge in [-0.25, -0.2) is 0 Å². The van der Waals surface area contributed by atoms with Gasteiger partial charge in [-0.15, -0.1) is 0 Å². The SMILES string of the molecule is CCCC([NH2+][O-])C(C)(C)C. The molecule has 1 unspecified atom stereocenters. The summed E-state index contributed by atoms with van der Waals surface area (Å²) in [6.45, 7) is 8.45. The number of nitrogens with two attached hydrogens (primary N) is 1. The van der Waals surface area contributed by atoms with Gasteiger partial charge < -0.3 is 10.7 Å². The molecule has 0 radical (unpaired) electrons. The third-order valence-corrected chi connectivity index (χ3v) is 1.88. The van der Waals surface area contributed by atoms with Gasteiger partial charge in [-0.3, -0.25) is 0 Å². The van der Waals surface area contributed by atoms with Crippen molar-refractivity contribution in [1.82, 2.24) is 0 Å². The Morgan fingerprint density at radius 1 is 1.40 bits per heavy atom. The lowest BCUT2D eigenvalue weighted by molar-refractivity contribution is -0.642. The first-order valence-electron chi connectivity index (χ1n) is 3.97. The molecule has 2 nitrogen and oxygen atoms in total. The summed E-state index contributed by atoms with van der Waals surface area (Å²) >= 11 is 0. The first-order valence-corrected chi connectivity index (χ1v) is 3.97. The Hall–Kier alpha value is -0.0800. The summed E-state index contributed by atoms with van der Waals surface area (Å²) in [4.78, 5) is 0. The van der Waals surface area contributed by atoms with Crippen molar-refractivity contribution in [3.63, 3.8) is 0 Å². The Morgan fingerprint density at radius 3 is 2.00 bits per heavy atom. The van der Waals surface area contributed by atoms with E-state index in [0.717, 1.165) is 18.3 Å². The van der Waals surface area contributed by atoms with Crippen molar-refractivity contribution in [2.24, 2.45) is 5.41 Å². The zero-order chi connectivity index (χ0) is 8.20. The molecule has 0 spiro atoms. The number of hydroxylamine groups is 1. The van der Waals surface area contributed by atoms with E-state index < -0.39 is 0 Å². The molecular weight excluding hydrogens is 126 g/mol. The summed E-state index contributed by atoms with van der Waals surface area (Å²) in [7, 11) is 0. The Morgan fingerprint density at radius 2 is 1.90 bits per heavy atom. The van der Waals surface area contributed by atoms with Crippen LogP contribution in [-0.2, 0) is 0 Å². The lowest BCUT2D eigenvalue weighted by atomic mass is 9.85. The molecule has 0 heterocycles. The molecule has 0 aliphatic carbocycles. The van der Waals surface area contributed by atoms with E-state index >= 15 is 0 Å². The molecule has 0 bridgehead atoms. The second kappa shape index (κ2) is 3.94. The molecule has 0 rings (SSSR count). The summed E-state index contributed by atoms with van der Waals surface area (Å²) in [5.74, 6) is 0. The van der Waals surface area contributed by atoms with Crippen LogP contribution in [0.1, 0.15) is 40.5 Å². The average molecular weight is 145 g/mol. The summed E-state index contributed by atoms with van der Waals surface area (Å²) in [5.41, 5.74) is 1.24. The minimum absolute atomic E-state index is 0.151. The topological polar surface area (TPSA) is 39.7 Å². The van der Waals surface area contributed by atoms with E-state index in [9.17, 15) is 5.21 Å². The van der Waals surface area contributed by atoms with Crippen LogP contribution >= 0.6 is 0 Å². The molecular formula is C8H19NO. The van der Waals surface area contributed by atoms with Crippen molar-refractivity contribution in [3.8, 4) is 0 Å². The van der Waals surface area contributed by atoms with Gasteiger partial charge in [-0.05, 0) is 6.42 Å². The van der Waals surface area contributed by atoms with Gasteiger partial charge in [0.1, 0.15) is 0 Å². The molecule has 2 N–H and O–H groups in total. The second-order valence-electron chi connectivity index (χ2n) is 3.90. The fourth-order valence-corrected chi connectivity index (χ4v) is 1.02. The van der Waals surface area contributed by atoms with E-state index in [1.807, 2.05) is 0 Å². The minimum atomic E-state index is 0.151. The Kier molecular flexibility index (Phi) is 3.91. The lowest BCUT2D eigenvalue weighted by Crippen LogP contribution is -2.87. The third-order valence-electron chi connectivity index (χ3n) is 1.88. The van der Waals surface area contributed by atoms with E-state index in [1.54, 1.807) is 0 Å². The molecule has 0 aromatic heterocycles. The highest BCUT2D eigenvalue weighted by Gasteiger charge is 2.23. The van der Waals surface area contributed by atoms with Gasteiger partial charge in [0.15, 0.2) is 0 Å². The Labute approximate surface area is 63.6 Å². The number of rotatable bonds is 3. The van der Waals surface area contributed by atoms with Gasteiger partial charge >= 0.3 is 0 Å². The summed E-state index contributed by atoms with van der Waals surface area (Å²) in [6, 6.07) is 0.234. The van der Waals surface area contributed by atoms with Crippen LogP contribution in [-0.4, -0.2) is 6.04 Å². The van der Waals surface area contributed by atoms with E-state index in [2.05, 4.69) is 27.7 Å². The smallest absolute Gasteiger partial charge is 0.0904 e. The van der Waals surface area contributed by atoms with Gasteiger partial charge in [-0.2, -0.15) is 0 Å². The molecule has 0 aromatic carbocycles. The largest absolute Gasteiger partial charge is 0.636 e. The van der Waals surface area contributed by atoms with Crippen LogP contribution in [0, 0.1) is 10.6 Å². The first-order chi connectivity index (χ1) is 4.52. The van der Waals surface area contributed by atoms with Gasteiger partial charge in [0.25, 0.3) is 0 Å². The maximum Gasteiger partial charge on any atom is 0.0904 e. The maximum atomic E-state index is 10.5. The van der Waals surface area contributed by atoms with Gasteiger partial charge in [-0.1, -0.05) is 34.1 Å². The summed E-state index contributed by atoms with van der Waals surface area (Å²) in [6.07, 6.45) is 2.12. The van der Waals surface area contributed by atoms with Gasteiger partial charge in [0.2, 0.25) is 0 Å². The lowest BCUT2D eigenvalue weighted by Gasteiger charge is -2.29. The molecule has 0 aliphatic rings. The molecule has 2 heteroatoms. The number of quaternary nitrogens is 1. The molecule has 0 fully saturated rings. The Balaban J connectivity index is 3.81. The molecule has 0 amide bonds. The number of hydrogen-bond donors (Lipinski definition) is 1. The molecule has 0 saturated carbocycles. The van der Waals surface area contributed by atoms with Crippen LogP contribution < -0.4 is 5.48 Å². The first kappa shape index (κ1) is 9.92. The predicted octanol–water partition coefficient (Wildman–Crippen LogP) is 1.26. The Bertz CT molecular complexity index is 85.7. The average Bonchev–Trinajstić information content (AvgIpc) is 1.80. The maximum absolute atomic E-state index is 10.5. The van der Waals surface area contributed by atoms with Crippen molar-refractivity contribution < 1.29 is 5.48 Å². The molecule has 10 heavy (non-hydrogen) atoms. The molecule has 0 aliphatic heterocycles. The van der Waals surface area contributed by atoms with Crippen LogP contribution in [0.3, 0.4) is 0 Å². The van der Waals surface area contributed by atoms with Crippen molar-refractivity contribution in [2.75, 3.05) is 0 Å². The predicted molar refractivity (Wildman–Crippen MR) is 43.4 cm³/mol. The highest BCUT2D eigenvalue weighted by molar-refractivity contribution is 4.71. The van der Waals surface area contributed by atoms with Crippen LogP contribution in [0.4, 0.5) is 0 Å². The normalized spacial score (nSPS) is 15.3. The monoisotopic (exact) mass is 145 g/mol. The van der Waals surface area contributed by atoms with Crippen molar-refractivity contribution in [3.05, 3.63) is 5.21 Å². The van der Waals surface area contributed by atoms with Crippen molar-refractivity contribution in [2.45, 2.75) is 46.6 Å². The van der Waals surface area contributed by atoms with Gasteiger partial charge in [0.05, 0.1) is 6.04 Å². The van der Waals surface area contributed by atoms with Crippen molar-refractivity contribution in [1.29, 1.82) is 0 Å². The van der Waals surface area contributed by atoms with Crippen molar-refractivity contribution >= 4 is 0 Å². The fraction of sp³-hybridized carbons (Fsp3) is 1.00. The fourth-order valence-electron chi connectivity index (χ4n) is 1.02. The molecule has 62 valence electrons. The van der Waals surface area contributed by atoms with Crippen LogP contribution in [0.5, 0.6) is 0 Å². The molecule has 1 atom stereocenters. The third kappa shape index (κ3) is 3.18. The van der Waals surface area contributed by atoms with Crippen LogP contribution in [0.25, 0.3) is 0 Å². The highest BCUT2D eigenvalue weighted by atomic mass is 16.5. The summed E-state index contributed by atoms with van der Waals surface area (Å²) in [5, 5.41) is 10.5. The zero-order valence-electron chi connectivity index (χ0n) is 7.48. The minimum Gasteiger partial charge on any atom is -0.636 e. The number of hydrogen-bond acceptors (Lipinski definition) is 1. The molecule has 0 aromatic rings.